The second kappa shape index (κ2) is 7.95. The monoisotopic (exact) mass is 455 g/mol. The minimum absolute atomic E-state index is 0.0419. The van der Waals surface area contributed by atoms with Crippen molar-refractivity contribution < 1.29 is 27.8 Å². The number of aromatic nitrogens is 2. The largest absolute Gasteiger partial charge is 0.486 e. The molecule has 1 aromatic heterocycles. The Bertz CT molecular complexity index is 1250. The number of hydrogen-bond acceptors (Lipinski definition) is 7. The van der Waals surface area contributed by atoms with Crippen LogP contribution in [0.5, 0.6) is 11.5 Å². The molecule has 32 heavy (non-hydrogen) atoms. The van der Waals surface area contributed by atoms with Crippen LogP contribution < -0.4 is 9.47 Å². The molecule has 0 radical (unpaired) electrons. The maximum atomic E-state index is 13.1. The lowest BCUT2D eigenvalue weighted by Gasteiger charge is -2.22. The van der Waals surface area contributed by atoms with Crippen molar-refractivity contribution in [3.8, 4) is 11.5 Å². The summed E-state index contributed by atoms with van der Waals surface area (Å²) < 4.78 is 38.0. The van der Waals surface area contributed by atoms with Crippen LogP contribution in [0.1, 0.15) is 22.7 Å². The summed E-state index contributed by atoms with van der Waals surface area (Å²) in [5.41, 5.74) is 1.91. The second-order valence-corrected chi connectivity index (χ2v) is 9.42. The van der Waals surface area contributed by atoms with Crippen molar-refractivity contribution in [2.24, 2.45) is 0 Å². The van der Waals surface area contributed by atoms with E-state index in [0.717, 1.165) is 9.65 Å². The van der Waals surface area contributed by atoms with E-state index in [9.17, 15) is 18.3 Å². The number of carbonyl (C=O) groups is 1. The van der Waals surface area contributed by atoms with Crippen molar-refractivity contribution in [2.45, 2.75) is 23.9 Å². The highest BCUT2D eigenvalue weighted by Crippen LogP contribution is 2.33. The average Bonchev–Trinajstić information content (AvgIpc) is 3.40. The molecule has 1 unspecified atom stereocenters. The Labute approximate surface area is 184 Å². The van der Waals surface area contributed by atoms with E-state index in [1.54, 1.807) is 23.1 Å². The average molecular weight is 455 g/mol. The number of hydrogen-bond donors (Lipinski definition) is 1. The van der Waals surface area contributed by atoms with Gasteiger partial charge in [0.2, 0.25) is 5.91 Å². The number of aliphatic hydroxyl groups excluding tert-OH is 1. The molecular formula is C22H21N3O6S. The zero-order chi connectivity index (χ0) is 22.3. The van der Waals surface area contributed by atoms with Gasteiger partial charge in [0.05, 0.1) is 29.7 Å². The van der Waals surface area contributed by atoms with Crippen LogP contribution >= 0.6 is 0 Å². The zero-order valence-electron chi connectivity index (χ0n) is 17.0. The summed E-state index contributed by atoms with van der Waals surface area (Å²) in [6.07, 6.45) is 1.44. The van der Waals surface area contributed by atoms with E-state index in [0.29, 0.717) is 36.0 Å². The van der Waals surface area contributed by atoms with Gasteiger partial charge in [-0.3, -0.25) is 4.79 Å². The Morgan fingerprint density at radius 2 is 1.81 bits per heavy atom. The Kier molecular flexibility index (Phi) is 5.10. The van der Waals surface area contributed by atoms with Gasteiger partial charge in [-0.1, -0.05) is 30.3 Å². The third-order valence-electron chi connectivity index (χ3n) is 5.61. The topological polar surface area (TPSA) is 111 Å². The first kappa shape index (κ1) is 20.5. The van der Waals surface area contributed by atoms with Gasteiger partial charge >= 0.3 is 0 Å². The van der Waals surface area contributed by atoms with E-state index in [1.165, 1.54) is 18.3 Å². The van der Waals surface area contributed by atoms with Gasteiger partial charge < -0.3 is 19.5 Å². The van der Waals surface area contributed by atoms with Crippen molar-refractivity contribution in [2.75, 3.05) is 19.8 Å². The molecule has 3 heterocycles. The molecule has 2 aliphatic heterocycles. The normalized spacial score (nSPS) is 16.0. The summed E-state index contributed by atoms with van der Waals surface area (Å²) in [6, 6.07) is 13.5. The van der Waals surface area contributed by atoms with Gasteiger partial charge in [0.15, 0.2) is 11.5 Å². The minimum atomic E-state index is -3.93. The second-order valence-electron chi connectivity index (χ2n) is 7.62. The van der Waals surface area contributed by atoms with Gasteiger partial charge in [-0.15, -0.1) is 0 Å². The lowest BCUT2D eigenvalue weighted by Crippen LogP contribution is -2.33. The van der Waals surface area contributed by atoms with Crippen LogP contribution in [-0.4, -0.2) is 53.3 Å². The molecule has 3 aromatic rings. The number of amides is 1. The molecule has 0 fully saturated rings. The third kappa shape index (κ3) is 3.51. The van der Waals surface area contributed by atoms with E-state index >= 15 is 0 Å². The molecule has 2 aliphatic rings. The molecule has 9 nitrogen and oxygen atoms in total. The number of benzene rings is 2. The number of rotatable bonds is 5. The molecule has 1 amide bonds. The highest BCUT2D eigenvalue weighted by molar-refractivity contribution is 7.89. The van der Waals surface area contributed by atoms with E-state index in [4.69, 9.17) is 9.47 Å². The van der Waals surface area contributed by atoms with Gasteiger partial charge in [0.25, 0.3) is 10.0 Å². The molecule has 166 valence electrons. The van der Waals surface area contributed by atoms with Crippen LogP contribution in [0.4, 0.5) is 0 Å². The van der Waals surface area contributed by atoms with E-state index in [-0.39, 0.29) is 30.5 Å². The minimum Gasteiger partial charge on any atom is -0.486 e. The molecule has 0 saturated heterocycles. The Morgan fingerprint density at radius 1 is 1.06 bits per heavy atom. The standard InChI is InChI=1S/C22H21N3O6S/c26-14-18(15-4-2-1-3-5-15)22(27)24-11-16-12-25(23-19(16)13-24)32(28,29)17-6-7-20-21(10-17)31-9-8-30-20/h1-7,10,12,18,26H,8-9,11,13-14H2. The molecule has 0 spiro atoms. The molecule has 1 N–H and O–H groups in total. The van der Waals surface area contributed by atoms with Gasteiger partial charge in [-0.25, -0.2) is 0 Å². The van der Waals surface area contributed by atoms with Crippen LogP contribution in [0, 0.1) is 0 Å². The zero-order valence-corrected chi connectivity index (χ0v) is 17.9. The number of carbonyl (C=O) groups excluding carboxylic acids is 1. The van der Waals surface area contributed by atoms with Crippen LogP contribution in [0.2, 0.25) is 0 Å². The van der Waals surface area contributed by atoms with Crippen molar-refractivity contribution in [3.05, 3.63) is 71.5 Å². The van der Waals surface area contributed by atoms with Crippen LogP contribution in [-0.2, 0) is 27.9 Å². The van der Waals surface area contributed by atoms with E-state index in [1.807, 2.05) is 18.2 Å². The lowest BCUT2D eigenvalue weighted by atomic mass is 9.98. The quantitative estimate of drug-likeness (QED) is 0.621. The fraction of sp³-hybridized carbons (Fsp3) is 0.273. The summed E-state index contributed by atoms with van der Waals surface area (Å²) in [7, 11) is -3.93. The summed E-state index contributed by atoms with van der Waals surface area (Å²) in [4.78, 5) is 14.6. The number of nitrogens with zero attached hydrogens (tertiary/aromatic N) is 3. The Morgan fingerprint density at radius 3 is 2.53 bits per heavy atom. The molecule has 2 aromatic carbocycles. The SMILES string of the molecule is O=C(C(CO)c1ccccc1)N1Cc2cn(S(=O)(=O)c3ccc4c(c3)OCCO4)nc2C1. The van der Waals surface area contributed by atoms with Crippen LogP contribution in [0.15, 0.2) is 59.6 Å². The summed E-state index contributed by atoms with van der Waals surface area (Å²) >= 11 is 0. The first-order valence-corrected chi connectivity index (χ1v) is 11.6. The molecule has 1 atom stereocenters. The van der Waals surface area contributed by atoms with Crippen molar-refractivity contribution in [1.29, 1.82) is 0 Å². The van der Waals surface area contributed by atoms with E-state index in [2.05, 4.69) is 5.10 Å². The fourth-order valence-corrected chi connectivity index (χ4v) is 5.11. The number of ether oxygens (including phenoxy) is 2. The maximum Gasteiger partial charge on any atom is 0.283 e. The number of aliphatic hydroxyl groups is 1. The molecular weight excluding hydrogens is 434 g/mol. The highest BCUT2D eigenvalue weighted by Gasteiger charge is 2.33. The van der Waals surface area contributed by atoms with Gasteiger partial charge in [-0.2, -0.15) is 17.6 Å². The molecule has 0 saturated carbocycles. The molecule has 5 rings (SSSR count). The predicted molar refractivity (Wildman–Crippen MR) is 113 cm³/mol. The predicted octanol–water partition coefficient (Wildman–Crippen LogP) is 1.51. The number of fused-ring (bicyclic) bond motifs is 2. The smallest absolute Gasteiger partial charge is 0.283 e. The third-order valence-corrected chi connectivity index (χ3v) is 7.14. The highest BCUT2D eigenvalue weighted by atomic mass is 32.2. The summed E-state index contributed by atoms with van der Waals surface area (Å²) in [5.74, 6) is -0.0133. The molecule has 0 bridgehead atoms. The summed E-state index contributed by atoms with van der Waals surface area (Å²) in [6.45, 7) is 0.876. The Balaban J connectivity index is 1.36. The first-order valence-electron chi connectivity index (χ1n) is 10.1. The van der Waals surface area contributed by atoms with Gasteiger partial charge in [0, 0.05) is 24.4 Å². The van der Waals surface area contributed by atoms with Crippen molar-refractivity contribution >= 4 is 15.9 Å². The summed E-state index contributed by atoms with van der Waals surface area (Å²) in [5, 5.41) is 14.0. The molecule has 0 aliphatic carbocycles. The first-order chi connectivity index (χ1) is 15.5. The van der Waals surface area contributed by atoms with Gasteiger partial charge in [-0.05, 0) is 17.7 Å². The Hall–Kier alpha value is -3.37. The lowest BCUT2D eigenvalue weighted by molar-refractivity contribution is -0.134. The van der Waals surface area contributed by atoms with Crippen molar-refractivity contribution in [1.82, 2.24) is 14.1 Å². The molecule has 10 heteroatoms. The maximum absolute atomic E-state index is 13.1. The van der Waals surface area contributed by atoms with E-state index < -0.39 is 15.9 Å². The van der Waals surface area contributed by atoms with Crippen LogP contribution in [0.3, 0.4) is 0 Å². The van der Waals surface area contributed by atoms with Crippen LogP contribution in [0.25, 0.3) is 0 Å². The fourth-order valence-electron chi connectivity index (χ4n) is 3.93. The van der Waals surface area contributed by atoms with Crippen molar-refractivity contribution in [3.63, 3.8) is 0 Å². The van der Waals surface area contributed by atoms with Gasteiger partial charge in [0.1, 0.15) is 13.2 Å².